The molecule has 43 heavy (non-hydrogen) atoms. The predicted molar refractivity (Wildman–Crippen MR) is 182 cm³/mol. The molecule has 258 valence electrons. The molecule has 0 amide bonds. The van der Waals surface area contributed by atoms with Crippen LogP contribution in [0.25, 0.3) is 0 Å². The van der Waals surface area contributed by atoms with Crippen LogP contribution in [0.1, 0.15) is 207 Å². The Morgan fingerprint density at radius 3 is 1.16 bits per heavy atom. The molecular weight excluding hydrogens is 560 g/mol. The largest absolute Gasteiger partial charge is 0.465 e. The third-order valence-electron chi connectivity index (χ3n) is 8.65. The first-order valence-corrected chi connectivity index (χ1v) is 20.0. The molecule has 0 spiro atoms. The van der Waals surface area contributed by atoms with Crippen molar-refractivity contribution in [1.29, 1.82) is 0 Å². The first-order valence-electron chi connectivity index (χ1n) is 18.6. The van der Waals surface area contributed by atoms with Gasteiger partial charge in [0, 0.05) is 0 Å². The zero-order chi connectivity index (χ0) is 31.9. The molecule has 0 fully saturated rings. The number of unbranched alkanes of at least 4 members (excludes halogenated alkanes) is 24. The van der Waals surface area contributed by atoms with Crippen LogP contribution in [0.3, 0.4) is 0 Å². The van der Waals surface area contributed by atoms with Crippen LogP contribution in [-0.4, -0.2) is 31.7 Å². The van der Waals surface area contributed by atoms with Gasteiger partial charge in [-0.2, -0.15) is 8.42 Å². The Morgan fingerprint density at radius 2 is 0.860 bits per heavy atom. The summed E-state index contributed by atoms with van der Waals surface area (Å²) in [5.74, 6) is -0.126. The minimum absolute atomic E-state index is 0.191. The van der Waals surface area contributed by atoms with Gasteiger partial charge in [-0.05, 0) is 25.7 Å². The SMILES string of the molecule is CCCCCCCCCCCCCCCCC(CCCCCCCCCCCCCC)COC(=O)CC(C)OS(=O)(=O)O. The Hall–Kier alpha value is -0.660. The summed E-state index contributed by atoms with van der Waals surface area (Å²) in [4.78, 5) is 12.2. The molecule has 0 aromatic heterocycles. The molecule has 0 bridgehead atoms. The fourth-order valence-corrected chi connectivity index (χ4v) is 6.44. The van der Waals surface area contributed by atoms with Gasteiger partial charge in [0.25, 0.3) is 0 Å². The number of carbonyl (C=O) groups is 1. The van der Waals surface area contributed by atoms with Crippen LogP contribution in [-0.2, 0) is 24.1 Å². The van der Waals surface area contributed by atoms with Crippen LogP contribution in [0.5, 0.6) is 0 Å². The van der Waals surface area contributed by atoms with Crippen LogP contribution in [0.4, 0.5) is 0 Å². The van der Waals surface area contributed by atoms with Gasteiger partial charge in [0.2, 0.25) is 0 Å². The van der Waals surface area contributed by atoms with E-state index in [1.807, 2.05) is 0 Å². The Labute approximate surface area is 268 Å². The van der Waals surface area contributed by atoms with Crippen molar-refractivity contribution < 1.29 is 26.7 Å². The maximum Gasteiger partial charge on any atom is 0.397 e. The summed E-state index contributed by atoms with van der Waals surface area (Å²) in [5.41, 5.74) is 0. The monoisotopic (exact) mass is 633 g/mol. The minimum atomic E-state index is -4.57. The Morgan fingerprint density at radius 1 is 0.558 bits per heavy atom. The topological polar surface area (TPSA) is 89.9 Å². The number of hydrogen-bond donors (Lipinski definition) is 1. The first-order chi connectivity index (χ1) is 20.8. The number of hydrogen-bond acceptors (Lipinski definition) is 5. The van der Waals surface area contributed by atoms with Crippen molar-refractivity contribution in [1.82, 2.24) is 0 Å². The van der Waals surface area contributed by atoms with Gasteiger partial charge in [-0.25, -0.2) is 4.18 Å². The Kier molecular flexibility index (Phi) is 30.8. The summed E-state index contributed by atoms with van der Waals surface area (Å²) >= 11 is 0. The molecule has 0 aromatic carbocycles. The van der Waals surface area contributed by atoms with Crippen LogP contribution in [0.2, 0.25) is 0 Å². The first kappa shape index (κ1) is 42.3. The summed E-state index contributed by atoms with van der Waals surface area (Å²) < 4.78 is 40.5. The molecule has 0 saturated heterocycles. The van der Waals surface area contributed by atoms with Gasteiger partial charge < -0.3 is 4.74 Å². The van der Waals surface area contributed by atoms with E-state index in [1.54, 1.807) is 0 Å². The standard InChI is InChI=1S/C36H72O6S/c1-4-6-8-10-12-14-16-18-19-21-23-25-27-29-31-35(33-41-36(37)32-34(3)42-43(38,39)40)30-28-26-24-22-20-17-15-13-11-9-7-5-2/h34-35H,4-33H2,1-3H3,(H,38,39,40). The quantitative estimate of drug-likeness (QED) is 0.0431. The van der Waals surface area contributed by atoms with Crippen LogP contribution in [0.15, 0.2) is 0 Å². The van der Waals surface area contributed by atoms with Gasteiger partial charge in [0.1, 0.15) is 0 Å². The molecule has 0 heterocycles. The lowest BCUT2D eigenvalue weighted by Gasteiger charge is -2.18. The molecule has 0 rings (SSSR count). The molecule has 2 atom stereocenters. The average Bonchev–Trinajstić information content (AvgIpc) is 2.95. The summed E-state index contributed by atoms with van der Waals surface area (Å²) in [6.07, 6.45) is 35.8. The van der Waals surface area contributed by atoms with Gasteiger partial charge in [0.15, 0.2) is 0 Å². The molecule has 0 aliphatic heterocycles. The summed E-state index contributed by atoms with van der Waals surface area (Å²) in [6, 6.07) is 0. The Balaban J connectivity index is 4.12. The highest BCUT2D eigenvalue weighted by Gasteiger charge is 2.18. The van der Waals surface area contributed by atoms with Gasteiger partial charge in [-0.3, -0.25) is 9.35 Å². The van der Waals surface area contributed by atoms with Crippen molar-refractivity contribution in [3.63, 3.8) is 0 Å². The van der Waals surface area contributed by atoms with E-state index in [0.717, 1.165) is 12.8 Å². The second kappa shape index (κ2) is 31.3. The van der Waals surface area contributed by atoms with E-state index < -0.39 is 22.5 Å². The smallest absolute Gasteiger partial charge is 0.397 e. The maximum absolute atomic E-state index is 12.2. The van der Waals surface area contributed by atoms with E-state index in [2.05, 4.69) is 18.0 Å². The third kappa shape index (κ3) is 34.1. The Bertz CT molecular complexity index is 696. The van der Waals surface area contributed by atoms with Gasteiger partial charge >= 0.3 is 16.4 Å². The van der Waals surface area contributed by atoms with Gasteiger partial charge in [0.05, 0.1) is 19.1 Å². The number of rotatable bonds is 34. The summed E-state index contributed by atoms with van der Waals surface area (Å²) in [5, 5.41) is 0. The molecule has 0 aliphatic rings. The maximum atomic E-state index is 12.2. The molecule has 2 unspecified atom stereocenters. The number of ether oxygens (including phenoxy) is 1. The molecule has 0 aromatic rings. The van der Waals surface area contributed by atoms with Crippen LogP contribution in [0, 0.1) is 5.92 Å². The lowest BCUT2D eigenvalue weighted by molar-refractivity contribution is -0.146. The van der Waals surface area contributed by atoms with Crippen molar-refractivity contribution in [3.8, 4) is 0 Å². The van der Waals surface area contributed by atoms with E-state index in [4.69, 9.17) is 9.29 Å². The molecule has 6 nitrogen and oxygen atoms in total. The summed E-state index contributed by atoms with van der Waals surface area (Å²) in [6.45, 7) is 6.36. The second-order valence-corrected chi connectivity index (χ2v) is 14.2. The lowest BCUT2D eigenvalue weighted by Crippen LogP contribution is -2.21. The molecule has 0 saturated carbocycles. The molecule has 0 aliphatic carbocycles. The van der Waals surface area contributed by atoms with Crippen molar-refractivity contribution in [2.75, 3.05) is 6.61 Å². The number of carbonyl (C=O) groups excluding carboxylic acids is 1. The van der Waals surface area contributed by atoms with E-state index in [9.17, 15) is 13.2 Å². The average molecular weight is 633 g/mol. The zero-order valence-electron chi connectivity index (χ0n) is 28.8. The highest BCUT2D eigenvalue weighted by Crippen LogP contribution is 2.21. The zero-order valence-corrected chi connectivity index (χ0v) is 29.6. The fraction of sp³-hybridized carbons (Fsp3) is 0.972. The summed E-state index contributed by atoms with van der Waals surface area (Å²) in [7, 11) is -4.57. The van der Waals surface area contributed by atoms with Gasteiger partial charge in [-0.1, -0.05) is 181 Å². The molecule has 0 radical (unpaired) electrons. The highest BCUT2D eigenvalue weighted by atomic mass is 32.3. The normalized spacial score (nSPS) is 13.3. The lowest BCUT2D eigenvalue weighted by atomic mass is 9.94. The van der Waals surface area contributed by atoms with E-state index >= 15 is 0 Å². The minimum Gasteiger partial charge on any atom is -0.465 e. The van der Waals surface area contributed by atoms with E-state index in [1.165, 1.54) is 174 Å². The van der Waals surface area contributed by atoms with Crippen molar-refractivity contribution in [3.05, 3.63) is 0 Å². The highest BCUT2D eigenvalue weighted by molar-refractivity contribution is 7.80. The predicted octanol–water partition coefficient (Wildman–Crippen LogP) is 11.7. The second-order valence-electron chi connectivity index (χ2n) is 13.2. The van der Waals surface area contributed by atoms with Crippen molar-refractivity contribution >= 4 is 16.4 Å². The number of esters is 1. The fourth-order valence-electron chi connectivity index (χ4n) is 5.96. The van der Waals surface area contributed by atoms with Crippen LogP contribution < -0.4 is 0 Å². The van der Waals surface area contributed by atoms with Gasteiger partial charge in [-0.15, -0.1) is 0 Å². The van der Waals surface area contributed by atoms with E-state index in [-0.39, 0.29) is 6.42 Å². The van der Waals surface area contributed by atoms with Crippen molar-refractivity contribution in [2.24, 2.45) is 5.92 Å². The van der Waals surface area contributed by atoms with E-state index in [0.29, 0.717) is 12.5 Å². The molecular formula is C36H72O6S. The molecule has 1 N–H and O–H groups in total. The van der Waals surface area contributed by atoms with Crippen molar-refractivity contribution in [2.45, 2.75) is 213 Å². The third-order valence-corrected chi connectivity index (χ3v) is 9.22. The van der Waals surface area contributed by atoms with Crippen LogP contribution >= 0.6 is 0 Å². The molecule has 7 heteroatoms.